The second kappa shape index (κ2) is 5.56. The molecule has 6 heteroatoms. The molecular formula is C14H15N3O3. The van der Waals surface area contributed by atoms with E-state index >= 15 is 0 Å². The Morgan fingerprint density at radius 2 is 2.00 bits per heavy atom. The lowest BCUT2D eigenvalue weighted by Gasteiger charge is -2.04. The molecular weight excluding hydrogens is 258 g/mol. The molecule has 0 aliphatic carbocycles. The first kappa shape index (κ1) is 13.8. The fraction of sp³-hybridized carbons (Fsp3) is 0.214. The summed E-state index contributed by atoms with van der Waals surface area (Å²) in [6.07, 6.45) is 2.71. The van der Waals surface area contributed by atoms with Crippen LogP contribution in [-0.4, -0.2) is 30.2 Å². The molecule has 0 fully saturated rings. The quantitative estimate of drug-likeness (QED) is 0.600. The number of hydrogen-bond donors (Lipinski definition) is 0. The Hall–Kier alpha value is -2.63. The lowest BCUT2D eigenvalue weighted by molar-refractivity contribution is -0.672. The zero-order chi connectivity index (χ0) is 14.7. The summed E-state index contributed by atoms with van der Waals surface area (Å²) >= 11 is 0. The summed E-state index contributed by atoms with van der Waals surface area (Å²) in [4.78, 5) is 12.9. The van der Waals surface area contributed by atoms with Crippen LogP contribution in [0.4, 0.5) is 0 Å². The number of benzene rings is 1. The number of amides is 1. The first-order valence-electron chi connectivity index (χ1n) is 6.04. The third-order valence-electron chi connectivity index (χ3n) is 2.75. The third kappa shape index (κ3) is 2.85. The van der Waals surface area contributed by atoms with Crippen molar-refractivity contribution in [2.45, 2.75) is 6.92 Å². The fourth-order valence-electron chi connectivity index (χ4n) is 1.57. The molecule has 0 spiro atoms. The van der Waals surface area contributed by atoms with E-state index in [-0.39, 0.29) is 11.6 Å². The molecule has 0 radical (unpaired) electrons. The van der Waals surface area contributed by atoms with Crippen molar-refractivity contribution in [3.8, 4) is 11.6 Å². The van der Waals surface area contributed by atoms with Crippen LogP contribution in [0.1, 0.15) is 11.3 Å². The van der Waals surface area contributed by atoms with Gasteiger partial charge >= 0.3 is 0 Å². The Kier molecular flexibility index (Phi) is 3.84. The van der Waals surface area contributed by atoms with Crippen LogP contribution in [0.15, 0.2) is 34.9 Å². The standard InChI is InChI=1S/C14H15N3O3/c1-10-4-6-11(7-5-10)17-12(14(19)20-15-17)8-9-13(18)16(2)3/h4-9H,1-3H3. The van der Waals surface area contributed by atoms with Crippen molar-refractivity contribution in [3.63, 3.8) is 0 Å². The molecule has 0 aliphatic rings. The van der Waals surface area contributed by atoms with Gasteiger partial charge in [0.05, 0.1) is 5.27 Å². The summed E-state index contributed by atoms with van der Waals surface area (Å²) in [7, 11) is 3.26. The second-order valence-corrected chi connectivity index (χ2v) is 4.56. The number of aryl methyl sites for hydroxylation is 1. The summed E-state index contributed by atoms with van der Waals surface area (Å²) in [5, 5.41) is 15.3. The molecule has 1 amide bonds. The van der Waals surface area contributed by atoms with E-state index in [0.29, 0.717) is 5.69 Å². The SMILES string of the molecule is Cc1ccc(-[n+]2noc([O-])c2/C=C/C(=O)N(C)C)cc1. The molecule has 1 aromatic heterocycles. The molecule has 2 rings (SSSR count). The smallest absolute Gasteiger partial charge is 0.263 e. The lowest BCUT2D eigenvalue weighted by atomic mass is 10.2. The van der Waals surface area contributed by atoms with Crippen molar-refractivity contribution in [2.24, 2.45) is 0 Å². The number of nitrogens with zero attached hydrogens (tertiary/aromatic N) is 3. The van der Waals surface area contributed by atoms with Gasteiger partial charge in [-0.2, -0.15) is 0 Å². The first-order valence-corrected chi connectivity index (χ1v) is 6.04. The van der Waals surface area contributed by atoms with Crippen molar-refractivity contribution in [1.82, 2.24) is 10.2 Å². The molecule has 0 unspecified atom stereocenters. The van der Waals surface area contributed by atoms with E-state index in [0.717, 1.165) is 5.56 Å². The third-order valence-corrected chi connectivity index (χ3v) is 2.75. The van der Waals surface area contributed by atoms with Crippen molar-refractivity contribution in [3.05, 3.63) is 41.6 Å². The number of carbonyl (C=O) groups excluding carboxylic acids is 1. The Morgan fingerprint density at radius 3 is 2.60 bits per heavy atom. The van der Waals surface area contributed by atoms with Crippen LogP contribution >= 0.6 is 0 Å². The van der Waals surface area contributed by atoms with E-state index in [1.165, 1.54) is 21.7 Å². The Labute approximate surface area is 116 Å². The highest BCUT2D eigenvalue weighted by molar-refractivity contribution is 5.91. The molecule has 0 atom stereocenters. The summed E-state index contributed by atoms with van der Waals surface area (Å²) in [6.45, 7) is 1.97. The van der Waals surface area contributed by atoms with Gasteiger partial charge in [-0.15, -0.1) is 0 Å². The molecule has 1 heterocycles. The average molecular weight is 273 g/mol. The van der Waals surface area contributed by atoms with Gasteiger partial charge in [-0.25, -0.2) is 0 Å². The monoisotopic (exact) mass is 273 g/mol. The van der Waals surface area contributed by atoms with Crippen molar-refractivity contribution in [2.75, 3.05) is 14.1 Å². The number of likely N-dealkylation sites (N-methyl/N-ethyl adjacent to an activating group) is 1. The van der Waals surface area contributed by atoms with Gasteiger partial charge in [-0.05, 0) is 11.6 Å². The topological polar surface area (TPSA) is 73.3 Å². The lowest BCUT2D eigenvalue weighted by Crippen LogP contribution is -2.35. The fourth-order valence-corrected chi connectivity index (χ4v) is 1.57. The number of hydrogen-bond acceptors (Lipinski definition) is 4. The molecule has 2 aromatic rings. The molecule has 0 N–H and O–H groups in total. The Morgan fingerprint density at radius 1 is 1.35 bits per heavy atom. The van der Waals surface area contributed by atoms with Crippen LogP contribution in [-0.2, 0) is 4.79 Å². The summed E-state index contributed by atoms with van der Waals surface area (Å²) in [6, 6.07) is 7.45. The maximum atomic E-state index is 11.6. The highest BCUT2D eigenvalue weighted by Gasteiger charge is 2.18. The molecule has 0 saturated heterocycles. The first-order chi connectivity index (χ1) is 9.49. The molecule has 0 bridgehead atoms. The largest absolute Gasteiger partial charge is 0.539 e. The van der Waals surface area contributed by atoms with Crippen LogP contribution in [0.3, 0.4) is 0 Å². The number of aromatic nitrogens is 2. The zero-order valence-corrected chi connectivity index (χ0v) is 11.5. The number of rotatable bonds is 3. The van der Waals surface area contributed by atoms with Gasteiger partial charge in [0.2, 0.25) is 11.6 Å². The van der Waals surface area contributed by atoms with Gasteiger partial charge in [0.1, 0.15) is 0 Å². The minimum atomic E-state index is -0.589. The molecule has 6 nitrogen and oxygen atoms in total. The van der Waals surface area contributed by atoms with Crippen LogP contribution in [0.5, 0.6) is 5.95 Å². The predicted octanol–water partition coefficient (Wildman–Crippen LogP) is 0.435. The normalized spacial score (nSPS) is 10.9. The minimum Gasteiger partial charge on any atom is -0.539 e. The van der Waals surface area contributed by atoms with Gasteiger partial charge in [-0.1, -0.05) is 17.7 Å². The maximum Gasteiger partial charge on any atom is 0.263 e. The Balaban J connectivity index is 2.37. The van der Waals surface area contributed by atoms with E-state index in [9.17, 15) is 9.90 Å². The van der Waals surface area contributed by atoms with Crippen molar-refractivity contribution in [1.29, 1.82) is 0 Å². The molecule has 0 aliphatic heterocycles. The molecule has 0 saturated carbocycles. The van der Waals surface area contributed by atoms with Crippen LogP contribution in [0.2, 0.25) is 0 Å². The summed E-state index contributed by atoms with van der Waals surface area (Å²) < 4.78 is 6.02. The molecule has 1 aromatic carbocycles. The summed E-state index contributed by atoms with van der Waals surface area (Å²) in [5.41, 5.74) is 1.99. The van der Waals surface area contributed by atoms with Gasteiger partial charge in [0.15, 0.2) is 5.95 Å². The van der Waals surface area contributed by atoms with Crippen LogP contribution in [0.25, 0.3) is 11.8 Å². The average Bonchev–Trinajstić information content (AvgIpc) is 2.78. The van der Waals surface area contributed by atoms with Crippen LogP contribution < -0.4 is 9.79 Å². The van der Waals surface area contributed by atoms with E-state index in [4.69, 9.17) is 0 Å². The second-order valence-electron chi connectivity index (χ2n) is 4.56. The highest BCUT2D eigenvalue weighted by Crippen LogP contribution is 2.12. The minimum absolute atomic E-state index is 0.198. The van der Waals surface area contributed by atoms with E-state index in [1.807, 2.05) is 31.2 Å². The molecule has 104 valence electrons. The van der Waals surface area contributed by atoms with Crippen molar-refractivity contribution < 1.29 is 19.1 Å². The van der Waals surface area contributed by atoms with Crippen molar-refractivity contribution >= 4 is 12.0 Å². The van der Waals surface area contributed by atoms with E-state index in [2.05, 4.69) is 9.79 Å². The summed E-state index contributed by atoms with van der Waals surface area (Å²) in [5.74, 6) is -0.811. The van der Waals surface area contributed by atoms with Crippen LogP contribution in [0, 0.1) is 6.92 Å². The maximum absolute atomic E-state index is 11.6. The van der Waals surface area contributed by atoms with E-state index in [1.54, 1.807) is 14.1 Å². The van der Waals surface area contributed by atoms with Gasteiger partial charge in [0, 0.05) is 38.4 Å². The van der Waals surface area contributed by atoms with E-state index < -0.39 is 5.95 Å². The van der Waals surface area contributed by atoms with Gasteiger partial charge in [0.25, 0.3) is 5.69 Å². The predicted molar refractivity (Wildman–Crippen MR) is 69.9 cm³/mol. The highest BCUT2D eigenvalue weighted by atomic mass is 16.6. The number of carbonyl (C=O) groups is 1. The van der Waals surface area contributed by atoms with Gasteiger partial charge < -0.3 is 14.5 Å². The van der Waals surface area contributed by atoms with Gasteiger partial charge in [-0.3, -0.25) is 4.79 Å². The Bertz CT molecular complexity index is 642. The zero-order valence-electron chi connectivity index (χ0n) is 11.5. The molecule has 20 heavy (non-hydrogen) atoms.